The smallest absolute Gasteiger partial charge is 0.236 e. The first-order valence-electron chi connectivity index (χ1n) is 10.9. The lowest BCUT2D eigenvalue weighted by Crippen LogP contribution is -2.17. The minimum atomic E-state index is -0.314. The first kappa shape index (κ1) is 25.0. The van der Waals surface area contributed by atoms with Gasteiger partial charge in [-0.1, -0.05) is 43.9 Å². The normalized spacial score (nSPS) is 12.1. The number of ether oxygens (including phenoxy) is 2. The molecule has 3 rings (SSSR count). The Bertz CT molecular complexity index is 1040. The zero-order chi connectivity index (χ0) is 23.8. The lowest BCUT2D eigenvalue weighted by Gasteiger charge is -2.18. The molecule has 3 aromatic rings. The van der Waals surface area contributed by atoms with Crippen LogP contribution < -0.4 is 14.8 Å². The lowest BCUT2D eigenvalue weighted by molar-refractivity contribution is -0.113. The zero-order valence-electron chi connectivity index (χ0n) is 19.6. The monoisotopic (exact) mass is 490 g/mol. The number of benzene rings is 1. The molecule has 33 heavy (non-hydrogen) atoms. The number of methoxy groups -OCH3 is 1. The second kappa shape index (κ2) is 12.0. The fourth-order valence-corrected chi connectivity index (χ4v) is 4.67. The molecule has 0 aliphatic carbocycles. The highest BCUT2D eigenvalue weighted by molar-refractivity contribution is 7.99. The van der Waals surface area contributed by atoms with Crippen molar-refractivity contribution in [1.29, 1.82) is 0 Å². The Morgan fingerprint density at radius 1 is 1.12 bits per heavy atom. The first-order valence-corrected chi connectivity index (χ1v) is 12.7. The molecule has 1 aromatic carbocycles. The van der Waals surface area contributed by atoms with Gasteiger partial charge in [-0.3, -0.25) is 10.1 Å². The van der Waals surface area contributed by atoms with E-state index in [4.69, 9.17) is 9.47 Å². The van der Waals surface area contributed by atoms with Gasteiger partial charge in [0, 0.05) is 13.0 Å². The summed E-state index contributed by atoms with van der Waals surface area (Å²) < 4.78 is 13.3. The van der Waals surface area contributed by atoms with Crippen molar-refractivity contribution in [2.75, 3.05) is 18.2 Å². The van der Waals surface area contributed by atoms with Gasteiger partial charge < -0.3 is 14.0 Å². The van der Waals surface area contributed by atoms with Crippen LogP contribution in [0.1, 0.15) is 51.1 Å². The molecule has 0 spiro atoms. The first-order chi connectivity index (χ1) is 15.9. The summed E-state index contributed by atoms with van der Waals surface area (Å²) in [5.74, 6) is 2.63. The summed E-state index contributed by atoms with van der Waals surface area (Å²) in [4.78, 5) is 12.4. The van der Waals surface area contributed by atoms with Gasteiger partial charge in [0.25, 0.3) is 0 Å². The van der Waals surface area contributed by atoms with Gasteiger partial charge in [-0.25, -0.2) is 0 Å². The van der Waals surface area contributed by atoms with E-state index in [0.29, 0.717) is 16.2 Å². The van der Waals surface area contributed by atoms with Gasteiger partial charge >= 0.3 is 0 Å². The average Bonchev–Trinajstić information content (AvgIpc) is 3.39. The predicted octanol–water partition coefficient (Wildman–Crippen LogP) is 4.62. The fraction of sp³-hybridized carbons (Fsp3) is 0.500. The van der Waals surface area contributed by atoms with E-state index in [1.54, 1.807) is 7.11 Å². The van der Waals surface area contributed by atoms with E-state index < -0.39 is 0 Å². The molecule has 0 fully saturated rings. The topological polar surface area (TPSA) is 104 Å². The maximum atomic E-state index is 12.4. The number of rotatable bonds is 12. The molecule has 178 valence electrons. The average molecular weight is 491 g/mol. The van der Waals surface area contributed by atoms with Crippen molar-refractivity contribution in [2.24, 2.45) is 5.92 Å². The highest BCUT2D eigenvalue weighted by Gasteiger charge is 2.21. The number of nitrogens with one attached hydrogen (secondary N) is 1. The van der Waals surface area contributed by atoms with Crippen LogP contribution in [0.4, 0.5) is 5.13 Å². The minimum Gasteiger partial charge on any atom is -0.497 e. The second-order valence-electron chi connectivity index (χ2n) is 7.87. The third kappa shape index (κ3) is 7.16. The summed E-state index contributed by atoms with van der Waals surface area (Å²) in [7, 11) is 1.63. The summed E-state index contributed by atoms with van der Waals surface area (Å²) in [6.07, 6.45) is 1.54. The van der Waals surface area contributed by atoms with E-state index in [1.807, 2.05) is 35.8 Å². The Labute approximate surface area is 202 Å². The molecule has 2 heterocycles. The van der Waals surface area contributed by atoms with Crippen LogP contribution in [-0.4, -0.2) is 43.7 Å². The number of hydrogen-bond donors (Lipinski definition) is 1. The quantitative estimate of drug-likeness (QED) is 0.367. The van der Waals surface area contributed by atoms with E-state index >= 15 is 0 Å². The second-order valence-corrected chi connectivity index (χ2v) is 9.87. The molecule has 0 saturated carbocycles. The number of aryl methyl sites for hydroxylation is 1. The molecule has 0 aliphatic heterocycles. The molecular formula is C22H30N6O3S2. The SMILES string of the molecule is CCCc1nnc(NC(=O)CSc2nnc(C(C)Oc3ccc(OC)cc3)n2CC(C)C)s1. The maximum absolute atomic E-state index is 12.4. The molecule has 1 atom stereocenters. The van der Waals surface area contributed by atoms with Gasteiger partial charge in [0.15, 0.2) is 17.1 Å². The van der Waals surface area contributed by atoms with Gasteiger partial charge in [-0.2, -0.15) is 0 Å². The van der Waals surface area contributed by atoms with Crippen LogP contribution in [0.25, 0.3) is 0 Å². The molecule has 9 nitrogen and oxygen atoms in total. The van der Waals surface area contributed by atoms with Crippen molar-refractivity contribution in [1.82, 2.24) is 25.0 Å². The molecular weight excluding hydrogens is 460 g/mol. The Hall–Kier alpha value is -2.66. The van der Waals surface area contributed by atoms with Crippen molar-refractivity contribution in [3.05, 3.63) is 35.1 Å². The van der Waals surface area contributed by atoms with Crippen LogP contribution in [0.5, 0.6) is 11.5 Å². The number of amides is 1. The maximum Gasteiger partial charge on any atom is 0.236 e. The number of aromatic nitrogens is 5. The Balaban J connectivity index is 1.65. The van der Waals surface area contributed by atoms with Gasteiger partial charge in [0.2, 0.25) is 11.0 Å². The van der Waals surface area contributed by atoms with Crippen molar-refractivity contribution < 1.29 is 14.3 Å². The lowest BCUT2D eigenvalue weighted by atomic mass is 10.2. The number of nitrogens with zero attached hydrogens (tertiary/aromatic N) is 5. The van der Waals surface area contributed by atoms with Crippen LogP contribution in [0.15, 0.2) is 29.4 Å². The summed E-state index contributed by atoms with van der Waals surface area (Å²) >= 11 is 2.75. The van der Waals surface area contributed by atoms with Crippen LogP contribution in [-0.2, 0) is 17.8 Å². The summed E-state index contributed by atoms with van der Waals surface area (Å²) in [5, 5.41) is 21.8. The standard InChI is InChI=1S/C22H30N6O3S2/c1-6-7-19-24-26-21(33-19)23-18(29)13-32-22-27-25-20(28(22)12-14(2)3)15(4)31-17-10-8-16(30-5)9-11-17/h8-11,14-15H,6-7,12-13H2,1-5H3,(H,23,26,29). The van der Waals surface area contributed by atoms with Gasteiger partial charge in [-0.05, 0) is 43.5 Å². The minimum absolute atomic E-state index is 0.151. The third-order valence-corrected chi connectivity index (χ3v) is 6.40. The van der Waals surface area contributed by atoms with Crippen molar-refractivity contribution in [2.45, 2.75) is 58.3 Å². The van der Waals surface area contributed by atoms with E-state index in [0.717, 1.165) is 41.7 Å². The van der Waals surface area contributed by atoms with Crippen LogP contribution in [0.3, 0.4) is 0 Å². The van der Waals surface area contributed by atoms with Crippen LogP contribution in [0, 0.1) is 5.92 Å². The molecule has 1 unspecified atom stereocenters. The highest BCUT2D eigenvalue weighted by atomic mass is 32.2. The van der Waals surface area contributed by atoms with Crippen molar-refractivity contribution in [3.8, 4) is 11.5 Å². The largest absolute Gasteiger partial charge is 0.497 e. The van der Waals surface area contributed by atoms with E-state index in [2.05, 4.69) is 46.5 Å². The van der Waals surface area contributed by atoms with Gasteiger partial charge in [-0.15, -0.1) is 20.4 Å². The Morgan fingerprint density at radius 3 is 2.52 bits per heavy atom. The molecule has 1 N–H and O–H groups in total. The summed E-state index contributed by atoms with van der Waals surface area (Å²) in [6.45, 7) is 9.00. The highest BCUT2D eigenvalue weighted by Crippen LogP contribution is 2.27. The Morgan fingerprint density at radius 2 is 1.85 bits per heavy atom. The molecule has 1 amide bonds. The summed E-state index contributed by atoms with van der Waals surface area (Å²) in [6, 6.07) is 7.42. The van der Waals surface area contributed by atoms with Crippen LogP contribution >= 0.6 is 23.1 Å². The number of hydrogen-bond acceptors (Lipinski definition) is 9. The number of anilines is 1. The molecule has 0 aliphatic rings. The van der Waals surface area contributed by atoms with E-state index in [-0.39, 0.29) is 17.8 Å². The molecule has 0 radical (unpaired) electrons. The molecule has 2 aromatic heterocycles. The number of carbonyl (C=O) groups excluding carboxylic acids is 1. The summed E-state index contributed by atoms with van der Waals surface area (Å²) in [5.41, 5.74) is 0. The van der Waals surface area contributed by atoms with Crippen molar-refractivity contribution >= 4 is 34.1 Å². The molecule has 0 saturated heterocycles. The van der Waals surface area contributed by atoms with Crippen molar-refractivity contribution in [3.63, 3.8) is 0 Å². The third-order valence-electron chi connectivity index (χ3n) is 4.54. The fourth-order valence-electron chi connectivity index (χ4n) is 3.06. The van der Waals surface area contributed by atoms with Gasteiger partial charge in [0.1, 0.15) is 16.5 Å². The number of thioether (sulfide) groups is 1. The zero-order valence-corrected chi connectivity index (χ0v) is 21.2. The van der Waals surface area contributed by atoms with E-state index in [1.165, 1.54) is 23.1 Å². The van der Waals surface area contributed by atoms with Crippen LogP contribution in [0.2, 0.25) is 0 Å². The predicted molar refractivity (Wildman–Crippen MR) is 130 cm³/mol. The van der Waals surface area contributed by atoms with Gasteiger partial charge in [0.05, 0.1) is 12.9 Å². The molecule has 11 heteroatoms. The number of carbonyl (C=O) groups is 1. The van der Waals surface area contributed by atoms with E-state index in [9.17, 15) is 4.79 Å². The Kier molecular flexibility index (Phi) is 9.07. The molecule has 0 bridgehead atoms.